The van der Waals surface area contributed by atoms with Gasteiger partial charge in [0.2, 0.25) is 0 Å². The lowest BCUT2D eigenvalue weighted by Crippen LogP contribution is -2.01. The predicted molar refractivity (Wildman–Crippen MR) is 121 cm³/mol. The normalized spacial score (nSPS) is 10.8. The van der Waals surface area contributed by atoms with Crippen LogP contribution in [0.5, 0.6) is 0 Å². The van der Waals surface area contributed by atoms with E-state index in [1.165, 1.54) is 0 Å². The third-order valence-corrected chi connectivity index (χ3v) is 5.40. The first kappa shape index (κ1) is 19.8. The Kier molecular flexibility index (Phi) is 5.37. The molecule has 0 atom stereocenters. The molecule has 6 heteroatoms. The highest BCUT2D eigenvalue weighted by atomic mass is 35.5. The zero-order valence-corrected chi connectivity index (χ0v) is 17.3. The molecule has 0 saturated heterocycles. The standard InChI is InChI=1S/C24H19ClN4O/c1-14-4-5-15(2)20(10-14)29-24-18-11-16(17-7-9-22(26-3)27-12-17)6-8-19(18)28-21(13-30)23(24)25/h4-12,30H,13H2,1-2H3,(H,28,29). The van der Waals surface area contributed by atoms with Crippen LogP contribution in [0, 0.1) is 20.4 Å². The molecule has 0 unspecified atom stereocenters. The Labute approximate surface area is 179 Å². The monoisotopic (exact) mass is 414 g/mol. The lowest BCUT2D eigenvalue weighted by atomic mass is 10.0. The van der Waals surface area contributed by atoms with E-state index in [2.05, 4.69) is 38.3 Å². The summed E-state index contributed by atoms with van der Waals surface area (Å²) in [6.07, 6.45) is 1.68. The van der Waals surface area contributed by atoms with Crippen LogP contribution in [-0.2, 0) is 6.61 Å². The largest absolute Gasteiger partial charge is 0.390 e. The van der Waals surface area contributed by atoms with E-state index in [9.17, 15) is 5.11 Å². The van der Waals surface area contributed by atoms with Crippen LogP contribution in [0.3, 0.4) is 0 Å². The van der Waals surface area contributed by atoms with Crippen molar-refractivity contribution in [3.05, 3.63) is 88.0 Å². The van der Waals surface area contributed by atoms with Crippen LogP contribution in [0.15, 0.2) is 54.7 Å². The third-order valence-electron chi connectivity index (χ3n) is 4.99. The zero-order chi connectivity index (χ0) is 21.3. The summed E-state index contributed by atoms with van der Waals surface area (Å²) in [5.74, 6) is 0.356. The fourth-order valence-electron chi connectivity index (χ4n) is 3.33. The number of anilines is 2. The highest BCUT2D eigenvalue weighted by Crippen LogP contribution is 2.37. The molecular weight excluding hydrogens is 396 g/mol. The van der Waals surface area contributed by atoms with Crippen molar-refractivity contribution in [2.24, 2.45) is 0 Å². The Hall–Kier alpha value is -3.46. The molecule has 2 N–H and O–H groups in total. The predicted octanol–water partition coefficient (Wildman–Crippen LogP) is 6.35. The van der Waals surface area contributed by atoms with Crippen molar-refractivity contribution >= 4 is 39.7 Å². The molecule has 2 heterocycles. The molecule has 0 saturated carbocycles. The number of rotatable bonds is 4. The number of nitrogens with one attached hydrogen (secondary N) is 1. The molecule has 4 aromatic rings. The van der Waals surface area contributed by atoms with Gasteiger partial charge in [-0.25, -0.2) is 4.98 Å². The highest BCUT2D eigenvalue weighted by Gasteiger charge is 2.15. The second kappa shape index (κ2) is 8.11. The zero-order valence-electron chi connectivity index (χ0n) is 16.6. The maximum absolute atomic E-state index is 9.74. The highest BCUT2D eigenvalue weighted by molar-refractivity contribution is 6.35. The van der Waals surface area contributed by atoms with Gasteiger partial charge in [0.1, 0.15) is 6.20 Å². The van der Waals surface area contributed by atoms with Gasteiger partial charge in [-0.1, -0.05) is 42.4 Å². The second-order valence-corrected chi connectivity index (χ2v) is 7.48. The summed E-state index contributed by atoms with van der Waals surface area (Å²) in [4.78, 5) is 12.0. The summed E-state index contributed by atoms with van der Waals surface area (Å²) in [7, 11) is 0. The number of pyridine rings is 2. The van der Waals surface area contributed by atoms with Crippen LogP contribution in [-0.4, -0.2) is 15.1 Å². The molecule has 0 bridgehead atoms. The van der Waals surface area contributed by atoms with E-state index in [4.69, 9.17) is 18.2 Å². The molecule has 148 valence electrons. The van der Waals surface area contributed by atoms with Crippen LogP contribution in [0.1, 0.15) is 16.8 Å². The maximum Gasteiger partial charge on any atom is 0.269 e. The number of aryl methyl sites for hydroxylation is 2. The molecule has 0 radical (unpaired) electrons. The first-order valence-corrected chi connectivity index (χ1v) is 9.79. The van der Waals surface area contributed by atoms with E-state index in [0.29, 0.717) is 22.2 Å². The molecular formula is C24H19ClN4O. The number of aliphatic hydroxyl groups excluding tert-OH is 1. The minimum Gasteiger partial charge on any atom is -0.390 e. The number of halogens is 1. The van der Waals surface area contributed by atoms with E-state index in [0.717, 1.165) is 38.8 Å². The number of hydrogen-bond acceptors (Lipinski definition) is 4. The van der Waals surface area contributed by atoms with Gasteiger partial charge in [0.05, 0.1) is 28.5 Å². The number of aliphatic hydroxyl groups is 1. The Morgan fingerprint density at radius 1 is 1.07 bits per heavy atom. The van der Waals surface area contributed by atoms with Gasteiger partial charge >= 0.3 is 0 Å². The molecule has 4 rings (SSSR count). The molecule has 5 nitrogen and oxygen atoms in total. The van der Waals surface area contributed by atoms with Crippen molar-refractivity contribution in [1.29, 1.82) is 0 Å². The maximum atomic E-state index is 9.74. The lowest BCUT2D eigenvalue weighted by Gasteiger charge is -2.17. The lowest BCUT2D eigenvalue weighted by molar-refractivity contribution is 0.277. The molecule has 0 amide bonds. The topological polar surface area (TPSA) is 62.4 Å². The van der Waals surface area contributed by atoms with Crippen LogP contribution < -0.4 is 5.32 Å². The van der Waals surface area contributed by atoms with Crippen molar-refractivity contribution in [3.63, 3.8) is 0 Å². The molecule has 2 aromatic carbocycles. The number of fused-ring (bicyclic) bond motifs is 1. The van der Waals surface area contributed by atoms with Gasteiger partial charge in [0, 0.05) is 16.6 Å². The minimum atomic E-state index is -0.250. The van der Waals surface area contributed by atoms with Crippen LogP contribution in [0.25, 0.3) is 26.9 Å². The molecule has 0 aliphatic rings. The van der Waals surface area contributed by atoms with Gasteiger partial charge in [-0.3, -0.25) is 0 Å². The van der Waals surface area contributed by atoms with Gasteiger partial charge < -0.3 is 15.3 Å². The molecule has 0 fully saturated rings. The SMILES string of the molecule is [C-]#[N+]c1ccc(-c2ccc3nc(CO)c(Cl)c(Nc4cc(C)ccc4C)c3c2)cn1. The van der Waals surface area contributed by atoms with E-state index in [-0.39, 0.29) is 6.61 Å². The van der Waals surface area contributed by atoms with Crippen molar-refractivity contribution in [2.75, 3.05) is 5.32 Å². The smallest absolute Gasteiger partial charge is 0.269 e. The fraction of sp³-hybridized carbons (Fsp3) is 0.125. The summed E-state index contributed by atoms with van der Waals surface area (Å²) in [6, 6.07) is 15.6. The Balaban J connectivity index is 1.90. The van der Waals surface area contributed by atoms with Crippen molar-refractivity contribution < 1.29 is 5.11 Å². The molecule has 30 heavy (non-hydrogen) atoms. The van der Waals surface area contributed by atoms with E-state index in [1.54, 1.807) is 12.3 Å². The summed E-state index contributed by atoms with van der Waals surface area (Å²) in [5.41, 5.74) is 6.84. The summed E-state index contributed by atoms with van der Waals surface area (Å²) in [5, 5.41) is 14.4. The van der Waals surface area contributed by atoms with Gasteiger partial charge in [-0.05, 0) is 54.8 Å². The number of nitrogens with zero attached hydrogens (tertiary/aromatic N) is 3. The summed E-state index contributed by atoms with van der Waals surface area (Å²) < 4.78 is 0. The first-order chi connectivity index (χ1) is 14.5. The molecule has 2 aromatic heterocycles. The average Bonchev–Trinajstić information content (AvgIpc) is 2.77. The van der Waals surface area contributed by atoms with Gasteiger partial charge in [0.15, 0.2) is 0 Å². The van der Waals surface area contributed by atoms with Crippen molar-refractivity contribution in [2.45, 2.75) is 20.5 Å². The minimum absolute atomic E-state index is 0.250. The van der Waals surface area contributed by atoms with Crippen LogP contribution in [0.4, 0.5) is 17.2 Å². The summed E-state index contributed by atoms with van der Waals surface area (Å²) in [6.45, 7) is 10.9. The molecule has 0 spiro atoms. The Morgan fingerprint density at radius 3 is 2.57 bits per heavy atom. The van der Waals surface area contributed by atoms with Gasteiger partial charge in [-0.15, -0.1) is 4.98 Å². The summed E-state index contributed by atoms with van der Waals surface area (Å²) >= 11 is 6.64. The third kappa shape index (κ3) is 3.71. The molecule has 0 aliphatic carbocycles. The van der Waals surface area contributed by atoms with E-state index in [1.807, 2.05) is 38.1 Å². The van der Waals surface area contributed by atoms with Crippen molar-refractivity contribution in [3.8, 4) is 11.1 Å². The Bertz CT molecular complexity index is 1290. The van der Waals surface area contributed by atoms with E-state index >= 15 is 0 Å². The second-order valence-electron chi connectivity index (χ2n) is 7.10. The van der Waals surface area contributed by atoms with Gasteiger partial charge in [-0.2, -0.15) is 0 Å². The molecule has 0 aliphatic heterocycles. The first-order valence-electron chi connectivity index (χ1n) is 9.41. The fourth-order valence-corrected chi connectivity index (χ4v) is 3.58. The average molecular weight is 415 g/mol. The Morgan fingerprint density at radius 2 is 1.87 bits per heavy atom. The van der Waals surface area contributed by atoms with Gasteiger partial charge in [0.25, 0.3) is 5.82 Å². The number of benzene rings is 2. The van der Waals surface area contributed by atoms with Crippen LogP contribution in [0.2, 0.25) is 5.02 Å². The number of aromatic nitrogens is 2. The van der Waals surface area contributed by atoms with Crippen molar-refractivity contribution in [1.82, 2.24) is 9.97 Å². The quantitative estimate of drug-likeness (QED) is 0.382. The number of hydrogen-bond donors (Lipinski definition) is 2. The van der Waals surface area contributed by atoms with E-state index < -0.39 is 0 Å². The van der Waals surface area contributed by atoms with Crippen LogP contribution >= 0.6 is 11.6 Å².